The number of phenols is 1. The highest BCUT2D eigenvalue weighted by Gasteiger charge is 2.27. The van der Waals surface area contributed by atoms with Crippen LogP contribution in [0, 0.1) is 6.92 Å². The Hall–Kier alpha value is -2.53. The second kappa shape index (κ2) is 5.83. The minimum atomic E-state index is -0.373. The molecule has 0 amide bonds. The zero-order valence-electron chi connectivity index (χ0n) is 13.6. The van der Waals surface area contributed by atoms with Crippen LogP contribution in [0.2, 0.25) is 0 Å². The highest BCUT2D eigenvalue weighted by Crippen LogP contribution is 2.34. The Labute approximate surface area is 139 Å². The van der Waals surface area contributed by atoms with Crippen molar-refractivity contribution in [3.8, 4) is 5.75 Å². The number of fused-ring (bicyclic) bond motifs is 1. The fourth-order valence-electron chi connectivity index (χ4n) is 3.68. The molecule has 0 unspecified atom stereocenters. The number of nitrogens with zero attached hydrogens (tertiary/aromatic N) is 1. The predicted octanol–water partition coefficient (Wildman–Crippen LogP) is 3.47. The lowest BCUT2D eigenvalue weighted by atomic mass is 10.1. The van der Waals surface area contributed by atoms with Crippen molar-refractivity contribution < 1.29 is 9.52 Å². The van der Waals surface area contributed by atoms with Crippen molar-refractivity contribution in [3.05, 3.63) is 63.8 Å². The third-order valence-electron chi connectivity index (χ3n) is 4.94. The van der Waals surface area contributed by atoms with Gasteiger partial charge in [-0.3, -0.25) is 4.90 Å². The Morgan fingerprint density at radius 2 is 2.25 bits per heavy atom. The first-order valence-corrected chi connectivity index (χ1v) is 8.26. The van der Waals surface area contributed by atoms with Crippen molar-refractivity contribution in [2.24, 2.45) is 0 Å². The summed E-state index contributed by atoms with van der Waals surface area (Å²) in [5.74, 6) is 0.147. The van der Waals surface area contributed by atoms with Gasteiger partial charge in [0.1, 0.15) is 11.3 Å². The number of rotatable bonds is 3. The summed E-state index contributed by atoms with van der Waals surface area (Å²) in [6, 6.07) is 9.54. The van der Waals surface area contributed by atoms with Gasteiger partial charge >= 0.3 is 5.63 Å². The standard InChI is InChI=1S/C19H20N2O3/c1-12-17(22)7-6-14-13(10-18(23)24-19(12)14)11-21-9-3-5-16(21)15-4-2-8-20-15/h2,4,6-8,10,16,20,22H,3,5,9,11H2,1H3/t16-/m1/s1. The lowest BCUT2D eigenvalue weighted by Gasteiger charge is -2.24. The van der Waals surface area contributed by atoms with Gasteiger partial charge in [0.05, 0.1) is 6.04 Å². The molecule has 1 atom stereocenters. The van der Waals surface area contributed by atoms with Crippen LogP contribution in [0.4, 0.5) is 0 Å². The number of nitrogens with one attached hydrogen (secondary N) is 1. The molecule has 4 rings (SSSR count). The van der Waals surface area contributed by atoms with Crippen molar-refractivity contribution >= 4 is 11.0 Å². The molecule has 1 saturated heterocycles. The van der Waals surface area contributed by atoms with Crippen LogP contribution in [0.3, 0.4) is 0 Å². The normalized spacial score (nSPS) is 18.5. The fourth-order valence-corrected chi connectivity index (χ4v) is 3.68. The highest BCUT2D eigenvalue weighted by molar-refractivity contribution is 5.84. The summed E-state index contributed by atoms with van der Waals surface area (Å²) in [5, 5.41) is 10.8. The van der Waals surface area contributed by atoms with Gasteiger partial charge in [-0.25, -0.2) is 4.79 Å². The minimum absolute atomic E-state index is 0.147. The summed E-state index contributed by atoms with van der Waals surface area (Å²) in [6.45, 7) is 3.46. The van der Waals surface area contributed by atoms with Crippen LogP contribution in [0.1, 0.15) is 35.7 Å². The molecule has 1 aliphatic rings. The van der Waals surface area contributed by atoms with Crippen molar-refractivity contribution in [3.63, 3.8) is 0 Å². The Bertz CT molecular complexity index is 928. The Morgan fingerprint density at radius 3 is 3.04 bits per heavy atom. The van der Waals surface area contributed by atoms with Gasteiger partial charge in [-0.1, -0.05) is 0 Å². The summed E-state index contributed by atoms with van der Waals surface area (Å²) < 4.78 is 5.34. The average Bonchev–Trinajstić information content (AvgIpc) is 3.22. The molecule has 3 heterocycles. The van der Waals surface area contributed by atoms with Crippen LogP contribution in [-0.4, -0.2) is 21.5 Å². The molecule has 0 radical (unpaired) electrons. The van der Waals surface area contributed by atoms with Crippen LogP contribution in [0.15, 0.2) is 45.7 Å². The van der Waals surface area contributed by atoms with E-state index in [4.69, 9.17) is 4.42 Å². The van der Waals surface area contributed by atoms with Gasteiger partial charge in [-0.2, -0.15) is 0 Å². The van der Waals surface area contributed by atoms with E-state index < -0.39 is 0 Å². The largest absolute Gasteiger partial charge is 0.508 e. The lowest BCUT2D eigenvalue weighted by molar-refractivity contribution is 0.245. The summed E-state index contributed by atoms with van der Waals surface area (Å²) >= 11 is 0. The first kappa shape index (κ1) is 15.0. The number of hydrogen-bond acceptors (Lipinski definition) is 4. The number of aromatic amines is 1. The predicted molar refractivity (Wildman–Crippen MR) is 92.1 cm³/mol. The number of aromatic hydroxyl groups is 1. The van der Waals surface area contributed by atoms with Gasteiger partial charge in [0.2, 0.25) is 0 Å². The van der Waals surface area contributed by atoms with E-state index in [0.717, 1.165) is 30.3 Å². The summed E-state index contributed by atoms with van der Waals surface area (Å²) in [6.07, 6.45) is 4.20. The quantitative estimate of drug-likeness (QED) is 0.724. The van der Waals surface area contributed by atoms with Crippen LogP contribution in [0.5, 0.6) is 5.75 Å². The maximum Gasteiger partial charge on any atom is 0.336 e. The molecule has 24 heavy (non-hydrogen) atoms. The Kier molecular flexibility index (Phi) is 3.65. The zero-order chi connectivity index (χ0) is 16.7. The number of H-pyrrole nitrogens is 1. The van der Waals surface area contributed by atoms with Crippen molar-refractivity contribution in [2.45, 2.75) is 32.4 Å². The summed E-state index contributed by atoms with van der Waals surface area (Å²) in [7, 11) is 0. The molecular weight excluding hydrogens is 304 g/mol. The maximum absolute atomic E-state index is 12.0. The van der Waals surface area contributed by atoms with E-state index in [9.17, 15) is 9.90 Å². The average molecular weight is 324 g/mol. The summed E-state index contributed by atoms with van der Waals surface area (Å²) in [5.41, 5.74) is 2.88. The summed E-state index contributed by atoms with van der Waals surface area (Å²) in [4.78, 5) is 17.7. The van der Waals surface area contributed by atoms with Gasteiger partial charge in [0.25, 0.3) is 0 Å². The first-order valence-electron chi connectivity index (χ1n) is 8.26. The van der Waals surface area contributed by atoms with E-state index in [2.05, 4.69) is 16.0 Å². The van der Waals surface area contributed by atoms with Crippen LogP contribution in [0.25, 0.3) is 11.0 Å². The van der Waals surface area contributed by atoms with Gasteiger partial charge < -0.3 is 14.5 Å². The van der Waals surface area contributed by atoms with Crippen LogP contribution >= 0.6 is 0 Å². The number of hydrogen-bond donors (Lipinski definition) is 2. The second-order valence-electron chi connectivity index (χ2n) is 6.43. The monoisotopic (exact) mass is 324 g/mol. The van der Waals surface area contributed by atoms with Crippen LogP contribution in [-0.2, 0) is 6.54 Å². The Morgan fingerprint density at radius 1 is 1.38 bits per heavy atom. The van der Waals surface area contributed by atoms with E-state index >= 15 is 0 Å². The SMILES string of the molecule is Cc1c(O)ccc2c(CN3CCC[C@@H]3c3ccc[nH]3)cc(=O)oc12. The molecule has 5 nitrogen and oxygen atoms in total. The lowest BCUT2D eigenvalue weighted by Crippen LogP contribution is -2.23. The molecule has 0 aliphatic carbocycles. The molecule has 124 valence electrons. The van der Waals surface area contributed by atoms with Crippen molar-refractivity contribution in [1.29, 1.82) is 0 Å². The number of aromatic nitrogens is 1. The third-order valence-corrected chi connectivity index (χ3v) is 4.94. The molecule has 2 aromatic heterocycles. The van der Waals surface area contributed by atoms with E-state index in [1.54, 1.807) is 19.1 Å². The van der Waals surface area contributed by atoms with Gasteiger partial charge in [-0.05, 0) is 56.1 Å². The Balaban J connectivity index is 1.74. The molecule has 0 bridgehead atoms. The van der Waals surface area contributed by atoms with Crippen molar-refractivity contribution in [1.82, 2.24) is 9.88 Å². The molecule has 5 heteroatoms. The van der Waals surface area contributed by atoms with Gasteiger partial charge in [0, 0.05) is 35.5 Å². The van der Waals surface area contributed by atoms with E-state index in [1.165, 1.54) is 5.69 Å². The van der Waals surface area contributed by atoms with Crippen molar-refractivity contribution in [2.75, 3.05) is 6.54 Å². The van der Waals surface area contributed by atoms with Crippen LogP contribution < -0.4 is 5.63 Å². The molecule has 0 spiro atoms. The molecule has 3 aromatic rings. The second-order valence-corrected chi connectivity index (χ2v) is 6.43. The zero-order valence-corrected chi connectivity index (χ0v) is 13.6. The smallest absolute Gasteiger partial charge is 0.336 e. The molecule has 1 fully saturated rings. The number of likely N-dealkylation sites (tertiary alicyclic amines) is 1. The fraction of sp³-hybridized carbons (Fsp3) is 0.316. The van der Waals surface area contributed by atoms with E-state index in [0.29, 0.717) is 23.7 Å². The highest BCUT2D eigenvalue weighted by atomic mass is 16.4. The number of aryl methyl sites for hydroxylation is 1. The number of phenolic OH excluding ortho intramolecular Hbond substituents is 1. The molecule has 2 N–H and O–H groups in total. The van der Waals surface area contributed by atoms with Gasteiger partial charge in [-0.15, -0.1) is 0 Å². The third kappa shape index (κ3) is 2.51. The minimum Gasteiger partial charge on any atom is -0.508 e. The molecule has 1 aromatic carbocycles. The van der Waals surface area contributed by atoms with E-state index in [1.807, 2.05) is 18.3 Å². The first-order chi connectivity index (χ1) is 11.6. The van der Waals surface area contributed by atoms with Gasteiger partial charge in [0.15, 0.2) is 0 Å². The topological polar surface area (TPSA) is 69.5 Å². The molecule has 1 aliphatic heterocycles. The molecule has 0 saturated carbocycles. The maximum atomic E-state index is 12.0. The molecular formula is C19H20N2O3. The number of benzene rings is 1. The van der Waals surface area contributed by atoms with E-state index in [-0.39, 0.29) is 11.4 Å².